The van der Waals surface area contributed by atoms with Crippen molar-refractivity contribution in [3.8, 4) is 11.5 Å². The van der Waals surface area contributed by atoms with E-state index in [2.05, 4.69) is 23.5 Å². The van der Waals surface area contributed by atoms with Gasteiger partial charge in [0.2, 0.25) is 5.91 Å². The number of fused-ring (bicyclic) bond motifs is 1. The van der Waals surface area contributed by atoms with Crippen LogP contribution in [0.15, 0.2) is 65.6 Å². The van der Waals surface area contributed by atoms with Crippen molar-refractivity contribution < 1.29 is 22.7 Å². The lowest BCUT2D eigenvalue weighted by molar-refractivity contribution is -0.120. The van der Waals surface area contributed by atoms with E-state index < -0.39 is 22.5 Å². The Hall–Kier alpha value is -3.52. The summed E-state index contributed by atoms with van der Waals surface area (Å²) in [6.07, 6.45) is 5.20. The fraction of sp³-hybridized carbons (Fsp3) is 0.367. The predicted octanol–water partition coefficient (Wildman–Crippen LogP) is 5.35. The number of ether oxygens (including phenoxy) is 2. The van der Waals surface area contributed by atoms with Crippen LogP contribution in [0.2, 0.25) is 0 Å². The molecule has 202 valence electrons. The van der Waals surface area contributed by atoms with Gasteiger partial charge < -0.3 is 14.8 Å². The molecule has 1 aliphatic carbocycles. The van der Waals surface area contributed by atoms with Gasteiger partial charge in [0.25, 0.3) is 10.0 Å². The number of nitrogens with one attached hydrogen (secondary N) is 1. The Kier molecular flexibility index (Phi) is 8.62. The highest BCUT2D eigenvalue weighted by atomic mass is 32.2. The quantitative estimate of drug-likeness (QED) is 0.377. The zero-order valence-electron chi connectivity index (χ0n) is 22.5. The van der Waals surface area contributed by atoms with Crippen molar-refractivity contribution in [2.24, 2.45) is 0 Å². The number of hydrogen-bond donors (Lipinski definition) is 1. The zero-order valence-corrected chi connectivity index (χ0v) is 23.3. The normalized spacial score (nSPS) is 13.8. The van der Waals surface area contributed by atoms with Crippen LogP contribution in [0.1, 0.15) is 54.5 Å². The number of amides is 1. The molecule has 8 heteroatoms. The molecule has 0 bridgehead atoms. The van der Waals surface area contributed by atoms with Gasteiger partial charge in [-0.15, -0.1) is 0 Å². The number of anilines is 1. The van der Waals surface area contributed by atoms with Gasteiger partial charge in [-0.25, -0.2) is 8.42 Å². The molecule has 4 rings (SSSR count). The third-order valence-electron chi connectivity index (χ3n) is 7.07. The molecule has 0 unspecified atom stereocenters. The molecule has 3 aromatic rings. The van der Waals surface area contributed by atoms with Crippen LogP contribution < -0.4 is 19.1 Å². The minimum Gasteiger partial charge on any atom is -0.497 e. The van der Waals surface area contributed by atoms with Crippen LogP contribution in [-0.2, 0) is 27.7 Å². The predicted molar refractivity (Wildman–Crippen MR) is 150 cm³/mol. The number of benzene rings is 3. The summed E-state index contributed by atoms with van der Waals surface area (Å²) in [5, 5.41) is 3.07. The highest BCUT2D eigenvalue weighted by molar-refractivity contribution is 7.92. The lowest BCUT2D eigenvalue weighted by Gasteiger charge is -2.27. The van der Waals surface area contributed by atoms with Crippen LogP contribution in [0.4, 0.5) is 5.69 Å². The molecule has 0 fully saturated rings. The Morgan fingerprint density at radius 1 is 0.947 bits per heavy atom. The Morgan fingerprint density at radius 2 is 1.66 bits per heavy atom. The molecule has 1 aliphatic rings. The van der Waals surface area contributed by atoms with Crippen molar-refractivity contribution in [3.63, 3.8) is 0 Å². The summed E-state index contributed by atoms with van der Waals surface area (Å²) in [4.78, 5) is 13.5. The second-order valence-electron chi connectivity index (χ2n) is 9.63. The third-order valence-corrected chi connectivity index (χ3v) is 8.84. The Morgan fingerprint density at radius 3 is 2.32 bits per heavy atom. The largest absolute Gasteiger partial charge is 0.497 e. The number of nitrogens with zero attached hydrogens (tertiary/aromatic N) is 1. The molecule has 0 radical (unpaired) electrons. The van der Waals surface area contributed by atoms with E-state index in [4.69, 9.17) is 9.47 Å². The summed E-state index contributed by atoms with van der Waals surface area (Å²) in [6, 6.07) is 17.6. The van der Waals surface area contributed by atoms with Crippen molar-refractivity contribution in [1.29, 1.82) is 0 Å². The molecule has 3 aromatic carbocycles. The number of carbonyl (C=O) groups excluding carboxylic acids is 1. The van der Waals surface area contributed by atoms with E-state index in [1.807, 2.05) is 13.8 Å². The summed E-state index contributed by atoms with van der Waals surface area (Å²) in [5.74, 6) is 0.358. The highest BCUT2D eigenvalue weighted by Gasteiger charge is 2.30. The standard InChI is InChI=1S/C30H36N2O5S/c1-5-27(24-13-12-22-8-6-7-9-23(22)18-24)31-30(33)20-32(28-19-25(36-3)14-17-29(28)37-4)38(34,35)26-15-10-21(2)11-16-26/h10-19,27H,5-9,20H2,1-4H3,(H,31,33)/t27-/m0/s1. The van der Waals surface area contributed by atoms with E-state index in [0.29, 0.717) is 17.9 Å². The fourth-order valence-electron chi connectivity index (χ4n) is 4.89. The summed E-state index contributed by atoms with van der Waals surface area (Å²) in [7, 11) is -1.14. The number of methoxy groups -OCH3 is 2. The molecule has 0 spiro atoms. The van der Waals surface area contributed by atoms with Crippen LogP contribution in [-0.4, -0.2) is 35.1 Å². The number of aryl methyl sites for hydroxylation is 3. The molecule has 1 amide bonds. The van der Waals surface area contributed by atoms with Crippen LogP contribution in [0.25, 0.3) is 0 Å². The third kappa shape index (κ3) is 5.96. The molecular weight excluding hydrogens is 500 g/mol. The highest BCUT2D eigenvalue weighted by Crippen LogP contribution is 2.36. The van der Waals surface area contributed by atoms with Gasteiger partial charge in [0, 0.05) is 6.07 Å². The Labute approximate surface area is 225 Å². The van der Waals surface area contributed by atoms with Crippen molar-refractivity contribution in [2.75, 3.05) is 25.1 Å². The molecule has 1 N–H and O–H groups in total. The second-order valence-corrected chi connectivity index (χ2v) is 11.5. The molecule has 38 heavy (non-hydrogen) atoms. The SMILES string of the molecule is CC[C@H](NC(=O)CN(c1cc(OC)ccc1OC)S(=O)(=O)c1ccc(C)cc1)c1ccc2c(c1)CCCC2. The van der Waals surface area contributed by atoms with Crippen molar-refractivity contribution in [2.45, 2.75) is 56.9 Å². The number of sulfonamides is 1. The summed E-state index contributed by atoms with van der Waals surface area (Å²) in [6.45, 7) is 3.48. The summed E-state index contributed by atoms with van der Waals surface area (Å²) < 4.78 is 39.7. The zero-order chi connectivity index (χ0) is 27.3. The maximum absolute atomic E-state index is 13.9. The maximum atomic E-state index is 13.9. The minimum absolute atomic E-state index is 0.0856. The van der Waals surface area contributed by atoms with Crippen LogP contribution in [0, 0.1) is 6.92 Å². The molecule has 0 aromatic heterocycles. The lowest BCUT2D eigenvalue weighted by atomic mass is 9.89. The van der Waals surface area contributed by atoms with Gasteiger partial charge in [-0.2, -0.15) is 0 Å². The van der Waals surface area contributed by atoms with E-state index in [1.54, 1.807) is 42.5 Å². The van der Waals surface area contributed by atoms with Crippen molar-refractivity contribution in [1.82, 2.24) is 5.32 Å². The minimum atomic E-state index is -4.11. The van der Waals surface area contributed by atoms with E-state index in [-0.39, 0.29) is 16.6 Å². The van der Waals surface area contributed by atoms with Crippen molar-refractivity contribution >= 4 is 21.6 Å². The summed E-state index contributed by atoms with van der Waals surface area (Å²) >= 11 is 0. The van der Waals surface area contributed by atoms with Gasteiger partial charge in [-0.05, 0) is 80.0 Å². The first-order valence-electron chi connectivity index (χ1n) is 13.0. The van der Waals surface area contributed by atoms with E-state index in [0.717, 1.165) is 28.3 Å². The Balaban J connectivity index is 1.67. The van der Waals surface area contributed by atoms with Gasteiger partial charge in [0.1, 0.15) is 18.0 Å². The van der Waals surface area contributed by atoms with E-state index in [1.165, 1.54) is 38.2 Å². The van der Waals surface area contributed by atoms with Gasteiger partial charge in [0.05, 0.1) is 30.8 Å². The van der Waals surface area contributed by atoms with E-state index in [9.17, 15) is 13.2 Å². The topological polar surface area (TPSA) is 84.9 Å². The van der Waals surface area contributed by atoms with Crippen LogP contribution in [0.3, 0.4) is 0 Å². The fourth-order valence-corrected chi connectivity index (χ4v) is 6.31. The average Bonchev–Trinajstić information content (AvgIpc) is 2.94. The number of carbonyl (C=O) groups is 1. The monoisotopic (exact) mass is 536 g/mol. The molecular formula is C30H36N2O5S. The first-order chi connectivity index (χ1) is 18.3. The molecule has 0 aliphatic heterocycles. The molecule has 1 atom stereocenters. The number of hydrogen-bond acceptors (Lipinski definition) is 5. The average molecular weight is 537 g/mol. The lowest BCUT2D eigenvalue weighted by Crippen LogP contribution is -2.42. The second kappa shape index (κ2) is 11.9. The van der Waals surface area contributed by atoms with E-state index >= 15 is 0 Å². The van der Waals surface area contributed by atoms with Gasteiger partial charge in [-0.1, -0.05) is 42.8 Å². The van der Waals surface area contributed by atoms with Gasteiger partial charge >= 0.3 is 0 Å². The van der Waals surface area contributed by atoms with Gasteiger partial charge in [0.15, 0.2) is 0 Å². The Bertz CT molecular complexity index is 1390. The first-order valence-corrected chi connectivity index (χ1v) is 14.4. The summed E-state index contributed by atoms with van der Waals surface area (Å²) in [5.41, 5.74) is 4.91. The number of rotatable bonds is 10. The van der Waals surface area contributed by atoms with Crippen LogP contribution >= 0.6 is 0 Å². The first kappa shape index (κ1) is 27.5. The van der Waals surface area contributed by atoms with Gasteiger partial charge in [-0.3, -0.25) is 9.10 Å². The molecule has 0 heterocycles. The maximum Gasteiger partial charge on any atom is 0.264 e. The van der Waals surface area contributed by atoms with Crippen LogP contribution in [0.5, 0.6) is 11.5 Å². The smallest absolute Gasteiger partial charge is 0.264 e. The molecule has 0 saturated carbocycles. The molecule has 0 saturated heterocycles. The molecule has 7 nitrogen and oxygen atoms in total. The van der Waals surface area contributed by atoms with Crippen molar-refractivity contribution in [3.05, 3.63) is 82.9 Å².